The fraction of sp³-hybridized carbons (Fsp3) is 0.286. The molecule has 0 atom stereocenters. The number of benzene rings is 2. The van der Waals surface area contributed by atoms with Crippen LogP contribution < -0.4 is 15.8 Å². The summed E-state index contributed by atoms with van der Waals surface area (Å²) in [4.78, 5) is 0. The molecule has 88 valence electrons. The second-order valence-electron chi connectivity index (χ2n) is 4.62. The summed E-state index contributed by atoms with van der Waals surface area (Å²) in [5.74, 6) is 0.882. The van der Waals surface area contributed by atoms with Gasteiger partial charge in [0.1, 0.15) is 5.75 Å². The molecule has 1 saturated heterocycles. The van der Waals surface area contributed by atoms with Gasteiger partial charge in [0.15, 0.2) is 0 Å². The third-order valence-electron chi connectivity index (χ3n) is 3.49. The minimum Gasteiger partial charge on any atom is -0.496 e. The number of fused-ring (bicyclic) bond motifs is 1. The van der Waals surface area contributed by atoms with E-state index in [-0.39, 0.29) is 5.54 Å². The lowest BCUT2D eigenvalue weighted by Crippen LogP contribution is -2.62. The summed E-state index contributed by atoms with van der Waals surface area (Å²) in [6.45, 7) is 1.61. The summed E-state index contributed by atoms with van der Waals surface area (Å²) in [6, 6.07) is 12.4. The predicted molar refractivity (Wildman–Crippen MR) is 69.2 cm³/mol. The monoisotopic (exact) mass is 228 g/mol. The molecule has 3 heteroatoms. The van der Waals surface area contributed by atoms with Crippen molar-refractivity contribution in [1.29, 1.82) is 0 Å². The van der Waals surface area contributed by atoms with Gasteiger partial charge in [0, 0.05) is 18.7 Å². The van der Waals surface area contributed by atoms with Crippen LogP contribution in [-0.4, -0.2) is 20.2 Å². The lowest BCUT2D eigenvalue weighted by molar-refractivity contribution is 0.277. The molecule has 3 nitrogen and oxygen atoms in total. The highest BCUT2D eigenvalue weighted by atomic mass is 16.5. The van der Waals surface area contributed by atoms with Gasteiger partial charge in [0.25, 0.3) is 0 Å². The normalized spacial score (nSPS) is 17.8. The van der Waals surface area contributed by atoms with Crippen LogP contribution in [0.3, 0.4) is 0 Å². The first kappa shape index (κ1) is 10.6. The van der Waals surface area contributed by atoms with E-state index in [0.717, 1.165) is 24.4 Å². The van der Waals surface area contributed by atoms with Gasteiger partial charge < -0.3 is 15.8 Å². The SMILES string of the molecule is COc1ccc2ccccc2c1C1(N)CNC1. The molecule has 1 aliphatic rings. The minimum absolute atomic E-state index is 0.299. The molecule has 0 unspecified atom stereocenters. The Labute approximate surface area is 101 Å². The molecule has 0 radical (unpaired) electrons. The maximum atomic E-state index is 6.42. The van der Waals surface area contributed by atoms with Gasteiger partial charge in [0.2, 0.25) is 0 Å². The van der Waals surface area contributed by atoms with Crippen LogP contribution in [-0.2, 0) is 5.54 Å². The highest BCUT2D eigenvalue weighted by Gasteiger charge is 2.37. The van der Waals surface area contributed by atoms with E-state index in [1.165, 1.54) is 10.8 Å². The Kier molecular flexibility index (Phi) is 2.31. The molecule has 0 bridgehead atoms. The number of nitrogens with one attached hydrogen (secondary N) is 1. The van der Waals surface area contributed by atoms with Crippen molar-refractivity contribution in [2.75, 3.05) is 20.2 Å². The molecular formula is C14H16N2O. The van der Waals surface area contributed by atoms with Crippen molar-refractivity contribution in [3.05, 3.63) is 42.0 Å². The number of hydrogen-bond donors (Lipinski definition) is 2. The van der Waals surface area contributed by atoms with E-state index >= 15 is 0 Å². The van der Waals surface area contributed by atoms with E-state index in [1.807, 2.05) is 18.2 Å². The fourth-order valence-corrected chi connectivity index (χ4v) is 2.51. The Hall–Kier alpha value is -1.58. The zero-order valence-corrected chi connectivity index (χ0v) is 9.86. The molecule has 0 aromatic heterocycles. The average molecular weight is 228 g/mol. The van der Waals surface area contributed by atoms with E-state index in [2.05, 4.69) is 23.5 Å². The smallest absolute Gasteiger partial charge is 0.124 e. The molecule has 0 amide bonds. The van der Waals surface area contributed by atoms with Crippen molar-refractivity contribution in [1.82, 2.24) is 5.32 Å². The van der Waals surface area contributed by atoms with E-state index in [4.69, 9.17) is 10.5 Å². The van der Waals surface area contributed by atoms with Crippen molar-refractivity contribution in [2.24, 2.45) is 5.73 Å². The average Bonchev–Trinajstić information content (AvgIpc) is 2.34. The Morgan fingerprint density at radius 1 is 1.18 bits per heavy atom. The van der Waals surface area contributed by atoms with Gasteiger partial charge in [-0.05, 0) is 16.8 Å². The molecule has 0 saturated carbocycles. The van der Waals surface area contributed by atoms with Crippen LogP contribution in [0, 0.1) is 0 Å². The van der Waals surface area contributed by atoms with Crippen LogP contribution in [0.2, 0.25) is 0 Å². The van der Waals surface area contributed by atoms with Crippen molar-refractivity contribution in [3.63, 3.8) is 0 Å². The molecular weight excluding hydrogens is 212 g/mol. The number of methoxy groups -OCH3 is 1. The van der Waals surface area contributed by atoms with Gasteiger partial charge in [-0.1, -0.05) is 30.3 Å². The van der Waals surface area contributed by atoms with Crippen LogP contribution in [0.1, 0.15) is 5.56 Å². The molecule has 2 aromatic carbocycles. The molecule has 17 heavy (non-hydrogen) atoms. The van der Waals surface area contributed by atoms with Gasteiger partial charge in [-0.25, -0.2) is 0 Å². The second kappa shape index (κ2) is 3.72. The first-order valence-corrected chi connectivity index (χ1v) is 5.80. The molecule has 0 spiro atoms. The highest BCUT2D eigenvalue weighted by molar-refractivity contribution is 5.89. The predicted octanol–water partition coefficient (Wildman–Crippen LogP) is 1.61. The maximum absolute atomic E-state index is 6.42. The number of rotatable bonds is 2. The minimum atomic E-state index is -0.299. The van der Waals surface area contributed by atoms with Gasteiger partial charge >= 0.3 is 0 Å². The maximum Gasteiger partial charge on any atom is 0.124 e. The summed E-state index contributed by atoms with van der Waals surface area (Å²) in [7, 11) is 1.70. The van der Waals surface area contributed by atoms with Crippen molar-refractivity contribution in [2.45, 2.75) is 5.54 Å². The third kappa shape index (κ3) is 1.51. The Morgan fingerprint density at radius 3 is 2.59 bits per heavy atom. The summed E-state index contributed by atoms with van der Waals surface area (Å²) >= 11 is 0. The molecule has 1 aliphatic heterocycles. The second-order valence-corrected chi connectivity index (χ2v) is 4.62. The summed E-state index contributed by atoms with van der Waals surface area (Å²) in [5.41, 5.74) is 7.25. The topological polar surface area (TPSA) is 47.3 Å². The standard InChI is InChI=1S/C14H16N2O/c1-17-12-7-6-10-4-2-3-5-11(10)13(12)14(15)8-16-9-14/h2-7,16H,8-9,15H2,1H3. The molecule has 1 heterocycles. The molecule has 3 rings (SSSR count). The van der Waals surface area contributed by atoms with Gasteiger partial charge in [0.05, 0.1) is 12.6 Å². The molecule has 0 aliphatic carbocycles. The largest absolute Gasteiger partial charge is 0.496 e. The lowest BCUT2D eigenvalue weighted by atomic mass is 9.82. The number of hydrogen-bond acceptors (Lipinski definition) is 3. The van der Waals surface area contributed by atoms with E-state index in [0.29, 0.717) is 0 Å². The van der Waals surface area contributed by atoms with Crippen LogP contribution in [0.4, 0.5) is 0 Å². The van der Waals surface area contributed by atoms with Crippen LogP contribution >= 0.6 is 0 Å². The molecule has 1 fully saturated rings. The van der Waals surface area contributed by atoms with Crippen LogP contribution in [0.25, 0.3) is 10.8 Å². The first-order chi connectivity index (χ1) is 8.24. The quantitative estimate of drug-likeness (QED) is 0.821. The number of nitrogens with two attached hydrogens (primary N) is 1. The van der Waals surface area contributed by atoms with E-state index < -0.39 is 0 Å². The summed E-state index contributed by atoms with van der Waals surface area (Å²) < 4.78 is 5.47. The van der Waals surface area contributed by atoms with Crippen molar-refractivity contribution in [3.8, 4) is 5.75 Å². The zero-order valence-electron chi connectivity index (χ0n) is 9.86. The lowest BCUT2D eigenvalue weighted by Gasteiger charge is -2.40. The molecule has 3 N–H and O–H groups in total. The molecule has 2 aromatic rings. The van der Waals surface area contributed by atoms with Gasteiger partial charge in [-0.2, -0.15) is 0 Å². The third-order valence-corrected chi connectivity index (χ3v) is 3.49. The van der Waals surface area contributed by atoms with Crippen molar-refractivity contribution >= 4 is 10.8 Å². The first-order valence-electron chi connectivity index (χ1n) is 5.80. The van der Waals surface area contributed by atoms with Crippen LogP contribution in [0.5, 0.6) is 5.75 Å². The Balaban J connectivity index is 2.31. The Bertz CT molecular complexity index is 561. The number of ether oxygens (including phenoxy) is 1. The van der Waals surface area contributed by atoms with E-state index in [1.54, 1.807) is 7.11 Å². The van der Waals surface area contributed by atoms with Crippen molar-refractivity contribution < 1.29 is 4.74 Å². The van der Waals surface area contributed by atoms with Crippen LogP contribution in [0.15, 0.2) is 36.4 Å². The van der Waals surface area contributed by atoms with Gasteiger partial charge in [-0.3, -0.25) is 0 Å². The summed E-state index contributed by atoms with van der Waals surface area (Å²) in [6.07, 6.45) is 0. The Morgan fingerprint density at radius 2 is 1.94 bits per heavy atom. The van der Waals surface area contributed by atoms with E-state index in [9.17, 15) is 0 Å². The highest BCUT2D eigenvalue weighted by Crippen LogP contribution is 2.37. The zero-order chi connectivity index (χ0) is 11.9. The fourth-order valence-electron chi connectivity index (χ4n) is 2.51. The van der Waals surface area contributed by atoms with Gasteiger partial charge in [-0.15, -0.1) is 0 Å². The summed E-state index contributed by atoms with van der Waals surface area (Å²) in [5, 5.41) is 5.63.